The van der Waals surface area contributed by atoms with Gasteiger partial charge in [0.15, 0.2) is 41.4 Å². The first-order valence-corrected chi connectivity index (χ1v) is 28.3. The maximum Gasteiger partial charge on any atom is 0.490 e. The highest BCUT2D eigenvalue weighted by Crippen LogP contribution is 2.68. The second kappa shape index (κ2) is 22.1. The van der Waals surface area contributed by atoms with Crippen LogP contribution in [0.15, 0.2) is 34.9 Å². The van der Waals surface area contributed by atoms with Crippen LogP contribution in [-0.4, -0.2) is 175 Å². The quantitative estimate of drug-likeness (QED) is 0.0230. The van der Waals surface area contributed by atoms with E-state index in [2.05, 4.69) is 48.5 Å². The molecule has 9 heterocycles. The minimum Gasteiger partial charge on any atom is -0.756 e. The summed E-state index contributed by atoms with van der Waals surface area (Å²) in [6, 6.07) is 0. The zero-order valence-corrected chi connectivity index (χ0v) is 44.1. The SMILES string of the molecule is COC[C@H]1[C@@H](OC)[C@H]([n+]2cn(C)c3c(=O)[nH]c(N)nc32)O[C@@H]1COP(=O)(O)OP(=O)(O)OP(=O)(O)OC[C@H]1O[C@@H](n2cnc3c(N)ncnc32)[C@H](OC)[C@@H]1OP(=O)([O-])OC[C@H]1O[C@@H](n2cnc3c(=O)[nH]c(N)nc32)[C@H](O)[C@@H]1O. The number of nitrogens with zero attached hydrogens (tertiary/aromatic N) is 10. The standard InChI is InChI=1S/C35H49N15O24P4/c1-47-12-50(28-19(47)30(54)46-35(38)44-28)32-22(64-3)13(5-63-2)14(69-32)6-67-76(57,58)73-78(61,62)74-77(59,60)68-8-16-23(24(65-4)33(71-16)48-10-41-17-25(36)39-9-40-26(17)48)72-75(55,56)66-7-15-20(51)21(52)31(70-15)49-11-42-18-27(49)43-34(37)45-29(18)53/h9-16,20-24,31-33,51-52H,5-8H2,1-4H3,(H11-,36,37,38,39,40,43,44,45,46,53,54,55,56,57,58,59,60,61,62)/t13-,14-,15-,16-,20-,21-,22-,23-,24-,31-,32-,33-/m1/s1. The summed E-state index contributed by atoms with van der Waals surface area (Å²) < 4.78 is 122. The highest BCUT2D eigenvalue weighted by atomic mass is 31.3. The number of phosphoric ester groups is 3. The van der Waals surface area contributed by atoms with E-state index < -0.39 is 136 Å². The fraction of sp³-hybridized carbons (Fsp3) is 0.571. The highest BCUT2D eigenvalue weighted by molar-refractivity contribution is 7.66. The topological polar surface area (TPSA) is 543 Å². The number of hydrogen-bond acceptors (Lipinski definition) is 30. The van der Waals surface area contributed by atoms with E-state index in [1.54, 1.807) is 7.05 Å². The molecule has 13 N–H and O–H groups in total. The number of anilines is 3. The fourth-order valence-electron chi connectivity index (χ4n) is 9.04. The molecule has 3 aliphatic heterocycles. The molecule has 0 bridgehead atoms. The number of imidazole rings is 3. The van der Waals surface area contributed by atoms with Crippen LogP contribution in [0.4, 0.5) is 17.7 Å². The third-order valence-corrected chi connectivity index (χ3v) is 17.6. The normalized spacial score (nSPS) is 29.8. The zero-order chi connectivity index (χ0) is 56.4. The van der Waals surface area contributed by atoms with Crippen LogP contribution in [0, 0.1) is 5.92 Å². The molecule has 43 heteroatoms. The van der Waals surface area contributed by atoms with Gasteiger partial charge < -0.3 is 84.5 Å². The molecule has 3 aliphatic rings. The van der Waals surface area contributed by atoms with Crippen LogP contribution in [0.5, 0.6) is 0 Å². The summed E-state index contributed by atoms with van der Waals surface area (Å²) in [6.07, 6.45) is -12.1. The Labute approximate surface area is 434 Å². The first-order chi connectivity index (χ1) is 36.7. The second-order valence-corrected chi connectivity index (χ2v) is 23.3. The maximum atomic E-state index is 13.6. The molecule has 3 saturated heterocycles. The van der Waals surface area contributed by atoms with Gasteiger partial charge in [-0.05, 0) is 0 Å². The Kier molecular flexibility index (Phi) is 16.3. The number of nitrogens with one attached hydrogen (secondary N) is 2. The number of aromatic nitrogens is 12. The number of nitrogens with two attached hydrogens (primary N) is 3. The first kappa shape index (κ1) is 57.5. The molecular formula is C35H49N15O24P4. The molecule has 39 nitrogen and oxygen atoms in total. The molecule has 9 rings (SSSR count). The van der Waals surface area contributed by atoms with E-state index >= 15 is 0 Å². The molecule has 0 aromatic carbocycles. The molecule has 428 valence electrons. The predicted molar refractivity (Wildman–Crippen MR) is 251 cm³/mol. The predicted octanol–water partition coefficient (Wildman–Crippen LogP) is -3.79. The number of aromatic amines is 2. The molecular weight excluding hydrogens is 1140 g/mol. The molecule has 3 fully saturated rings. The van der Waals surface area contributed by atoms with Crippen LogP contribution in [0.2, 0.25) is 0 Å². The minimum absolute atomic E-state index is 0.00621. The number of fused-ring (bicyclic) bond motifs is 3. The van der Waals surface area contributed by atoms with Crippen LogP contribution < -0.4 is 37.8 Å². The van der Waals surface area contributed by atoms with Crippen molar-refractivity contribution in [1.29, 1.82) is 0 Å². The third-order valence-electron chi connectivity index (χ3n) is 12.3. The van der Waals surface area contributed by atoms with Gasteiger partial charge in [-0.1, -0.05) is 4.98 Å². The lowest BCUT2D eigenvalue weighted by Gasteiger charge is -2.31. The zero-order valence-electron chi connectivity index (χ0n) is 40.6. The van der Waals surface area contributed by atoms with Gasteiger partial charge in [0.05, 0.1) is 52.2 Å². The highest BCUT2D eigenvalue weighted by Gasteiger charge is 2.53. The lowest BCUT2D eigenvalue weighted by atomic mass is 9.99. The monoisotopic (exact) mass is 1190 g/mol. The summed E-state index contributed by atoms with van der Waals surface area (Å²) in [4.78, 5) is 99.3. The van der Waals surface area contributed by atoms with Gasteiger partial charge in [0, 0.05) is 27.2 Å². The van der Waals surface area contributed by atoms with Crippen LogP contribution >= 0.6 is 31.3 Å². The minimum atomic E-state index is -6.17. The summed E-state index contributed by atoms with van der Waals surface area (Å²) in [6.45, 7) is -3.30. The van der Waals surface area contributed by atoms with Crippen molar-refractivity contribution in [2.45, 2.75) is 67.5 Å². The summed E-state index contributed by atoms with van der Waals surface area (Å²) in [5.41, 5.74) is 15.9. The first-order valence-electron chi connectivity index (χ1n) is 22.4. The van der Waals surface area contributed by atoms with Crippen molar-refractivity contribution in [2.24, 2.45) is 13.0 Å². The van der Waals surface area contributed by atoms with E-state index in [-0.39, 0.29) is 57.8 Å². The number of aliphatic hydroxyl groups excluding tert-OH is 2. The summed E-state index contributed by atoms with van der Waals surface area (Å²) in [5.74, 6) is -1.43. The number of phosphoric acid groups is 4. The molecule has 0 saturated carbocycles. The van der Waals surface area contributed by atoms with Crippen molar-refractivity contribution in [3.05, 3.63) is 46.0 Å². The van der Waals surface area contributed by atoms with Gasteiger partial charge in [-0.15, -0.1) is 0 Å². The second-order valence-electron chi connectivity index (χ2n) is 17.3. The van der Waals surface area contributed by atoms with Crippen molar-refractivity contribution in [3.63, 3.8) is 0 Å². The van der Waals surface area contributed by atoms with Gasteiger partial charge in [0.2, 0.25) is 17.7 Å². The van der Waals surface area contributed by atoms with E-state index in [0.717, 1.165) is 30.7 Å². The number of ether oxygens (including phenoxy) is 6. The fourth-order valence-corrected chi connectivity index (χ4v) is 13.5. The number of methoxy groups -OCH3 is 3. The Hall–Kier alpha value is -5.15. The Morgan fingerprint density at radius 3 is 1.97 bits per heavy atom. The van der Waals surface area contributed by atoms with Gasteiger partial charge in [0.1, 0.15) is 54.6 Å². The number of hydrogen-bond donors (Lipinski definition) is 10. The number of aliphatic hydroxyl groups is 2. The van der Waals surface area contributed by atoms with Crippen LogP contribution in [-0.2, 0) is 80.4 Å². The summed E-state index contributed by atoms with van der Waals surface area (Å²) >= 11 is 0. The summed E-state index contributed by atoms with van der Waals surface area (Å²) in [5, 5.41) is 21.7. The lowest BCUT2D eigenvalue weighted by molar-refractivity contribution is -0.746. The van der Waals surface area contributed by atoms with Crippen LogP contribution in [0.25, 0.3) is 33.5 Å². The van der Waals surface area contributed by atoms with Gasteiger partial charge in [-0.25, -0.2) is 38.2 Å². The smallest absolute Gasteiger partial charge is 0.490 e. The van der Waals surface area contributed by atoms with Crippen molar-refractivity contribution in [1.82, 2.24) is 53.6 Å². The molecule has 6 aromatic rings. The van der Waals surface area contributed by atoms with Crippen molar-refractivity contribution in [3.8, 4) is 0 Å². The van der Waals surface area contributed by atoms with E-state index in [0.29, 0.717) is 0 Å². The molecule has 0 aliphatic carbocycles. The molecule has 4 unspecified atom stereocenters. The number of H-pyrrole nitrogens is 2. The molecule has 0 amide bonds. The van der Waals surface area contributed by atoms with E-state index in [9.17, 15) is 57.6 Å². The molecule has 16 atom stereocenters. The third kappa shape index (κ3) is 11.6. The number of aryl methyl sites for hydroxylation is 1. The number of rotatable bonds is 22. The van der Waals surface area contributed by atoms with Gasteiger partial charge in [0.25, 0.3) is 24.9 Å². The largest absolute Gasteiger partial charge is 0.756 e. The van der Waals surface area contributed by atoms with Crippen molar-refractivity contribution < 1.29 is 108 Å². The van der Waals surface area contributed by atoms with Gasteiger partial charge >= 0.3 is 29.1 Å². The van der Waals surface area contributed by atoms with Gasteiger partial charge in [-0.2, -0.15) is 13.6 Å². The Bertz CT molecular complexity index is 3530. The average molecular weight is 1190 g/mol. The maximum absolute atomic E-state index is 13.6. The molecule has 0 radical (unpaired) electrons. The van der Waals surface area contributed by atoms with Crippen LogP contribution in [0.1, 0.15) is 18.7 Å². The van der Waals surface area contributed by atoms with Crippen molar-refractivity contribution >= 4 is 82.5 Å². The van der Waals surface area contributed by atoms with Crippen molar-refractivity contribution in [2.75, 3.05) is 65.0 Å². The van der Waals surface area contributed by atoms with Gasteiger partial charge in [-0.3, -0.25) is 46.9 Å². The van der Waals surface area contributed by atoms with E-state index in [1.807, 2.05) is 0 Å². The van der Waals surface area contributed by atoms with E-state index in [1.165, 1.54) is 34.2 Å². The Morgan fingerprint density at radius 2 is 1.31 bits per heavy atom. The Morgan fingerprint density at radius 1 is 0.705 bits per heavy atom. The summed E-state index contributed by atoms with van der Waals surface area (Å²) in [7, 11) is -18.3. The molecule has 78 heavy (non-hydrogen) atoms. The lowest BCUT2D eigenvalue weighted by Crippen LogP contribution is -2.46. The molecule has 0 spiro atoms. The number of nitrogen functional groups attached to an aromatic ring is 3. The van der Waals surface area contributed by atoms with E-state index in [4.69, 9.17) is 63.7 Å². The molecule has 6 aromatic heterocycles. The average Bonchev–Trinajstić information content (AvgIpc) is 4.30. The van der Waals surface area contributed by atoms with Crippen LogP contribution in [0.3, 0.4) is 0 Å². The Balaban J connectivity index is 0.873.